The molecule has 60 heavy (non-hydrogen) atoms. The highest BCUT2D eigenvalue weighted by atomic mass is 35.5. The minimum absolute atomic E-state index is 0.0126. The number of rotatable bonds is 12. The average Bonchev–Trinajstić information content (AvgIpc) is 3.78. The largest absolute Gasteiger partial charge is 0.488 e. The van der Waals surface area contributed by atoms with E-state index in [1.807, 2.05) is 32.9 Å². The molecule has 11 nitrogen and oxygen atoms in total. The fourth-order valence-corrected chi connectivity index (χ4v) is 8.84. The third-order valence-electron chi connectivity index (χ3n) is 9.31. The average molecular weight is 886 g/mol. The van der Waals surface area contributed by atoms with Crippen molar-refractivity contribution in [3.8, 4) is 5.75 Å². The fourth-order valence-electron chi connectivity index (χ4n) is 6.47. The van der Waals surface area contributed by atoms with E-state index in [0.29, 0.717) is 22.8 Å². The van der Waals surface area contributed by atoms with Gasteiger partial charge in [0.15, 0.2) is 23.2 Å². The van der Waals surface area contributed by atoms with E-state index in [2.05, 4.69) is 19.4 Å². The molecule has 6 aromatic rings. The highest BCUT2D eigenvalue weighted by molar-refractivity contribution is 7.93. The van der Waals surface area contributed by atoms with Gasteiger partial charge in [-0.05, 0) is 93.6 Å². The lowest BCUT2D eigenvalue weighted by Crippen LogP contribution is -2.23. The van der Waals surface area contributed by atoms with Crippen molar-refractivity contribution in [1.29, 1.82) is 0 Å². The number of benzene rings is 4. The van der Waals surface area contributed by atoms with Crippen molar-refractivity contribution in [2.75, 3.05) is 9.44 Å². The Kier molecular flexibility index (Phi) is 13.7. The Morgan fingerprint density at radius 1 is 0.617 bits per heavy atom. The molecule has 1 fully saturated rings. The highest BCUT2D eigenvalue weighted by Gasteiger charge is 2.24. The van der Waals surface area contributed by atoms with Crippen LogP contribution in [-0.2, 0) is 20.0 Å². The van der Waals surface area contributed by atoms with Crippen molar-refractivity contribution in [3.63, 3.8) is 0 Å². The van der Waals surface area contributed by atoms with E-state index in [1.54, 1.807) is 84.9 Å². The lowest BCUT2D eigenvalue weighted by molar-refractivity contribution is 0.103. The molecule has 0 spiro atoms. The zero-order valence-corrected chi connectivity index (χ0v) is 36.1. The maximum atomic E-state index is 12.9. The van der Waals surface area contributed by atoms with Gasteiger partial charge in [0.1, 0.15) is 11.4 Å². The molecule has 7 rings (SSSR count). The highest BCUT2D eigenvalue weighted by Crippen LogP contribution is 2.35. The first-order valence-electron chi connectivity index (χ1n) is 18.9. The fraction of sp³-hybridized carbons (Fsp3) is 0.200. The van der Waals surface area contributed by atoms with Gasteiger partial charge in [0.05, 0.1) is 31.0 Å². The van der Waals surface area contributed by atoms with E-state index >= 15 is 0 Å². The number of ether oxygens (including phenoxy) is 1. The second-order valence-electron chi connectivity index (χ2n) is 14.9. The van der Waals surface area contributed by atoms with Crippen LogP contribution < -0.4 is 14.2 Å². The van der Waals surface area contributed by atoms with E-state index in [1.165, 1.54) is 49.5 Å². The number of ketones is 2. The Bertz CT molecular complexity index is 2690. The summed E-state index contributed by atoms with van der Waals surface area (Å²) in [5.74, 6) is 0.155. The molecule has 310 valence electrons. The molecule has 0 atom stereocenters. The zero-order valence-electron chi connectivity index (χ0n) is 32.9. The minimum atomic E-state index is -3.99. The third-order valence-corrected chi connectivity index (χ3v) is 12.4. The number of carbonyl (C=O) groups is 2. The number of halogens is 2. The van der Waals surface area contributed by atoms with Crippen LogP contribution in [0.2, 0.25) is 10.0 Å². The first-order chi connectivity index (χ1) is 28.5. The van der Waals surface area contributed by atoms with Gasteiger partial charge in [-0.15, -0.1) is 0 Å². The maximum Gasteiger partial charge on any atom is 0.263 e. The van der Waals surface area contributed by atoms with Crippen molar-refractivity contribution in [3.05, 3.63) is 172 Å². The number of pyridine rings is 2. The minimum Gasteiger partial charge on any atom is -0.488 e. The zero-order chi connectivity index (χ0) is 43.1. The lowest BCUT2D eigenvalue weighted by Gasteiger charge is -2.21. The molecule has 2 N–H and O–H groups in total. The summed E-state index contributed by atoms with van der Waals surface area (Å²) in [7, 11) is -7.90. The molecule has 2 aromatic heterocycles. The van der Waals surface area contributed by atoms with Crippen molar-refractivity contribution in [1.82, 2.24) is 9.97 Å². The molecule has 1 aliphatic rings. The van der Waals surface area contributed by atoms with Crippen LogP contribution in [-0.4, -0.2) is 44.0 Å². The number of hydrogen-bond donors (Lipinski definition) is 2. The van der Waals surface area contributed by atoms with Crippen LogP contribution in [0.25, 0.3) is 0 Å². The molecule has 1 aliphatic carbocycles. The number of anilines is 2. The van der Waals surface area contributed by atoms with Crippen LogP contribution in [0.1, 0.15) is 89.8 Å². The number of carbonyl (C=O) groups excluding carboxylic acids is 2. The summed E-state index contributed by atoms with van der Waals surface area (Å²) in [6, 6.07) is 32.8. The van der Waals surface area contributed by atoms with E-state index in [0.717, 1.165) is 18.4 Å². The predicted octanol–water partition coefficient (Wildman–Crippen LogP) is 10.4. The topological polar surface area (TPSA) is 161 Å². The second kappa shape index (κ2) is 18.8. The molecular weight excluding hydrogens is 844 g/mol. The molecule has 15 heteroatoms. The van der Waals surface area contributed by atoms with Gasteiger partial charge in [0, 0.05) is 23.5 Å². The van der Waals surface area contributed by atoms with Crippen LogP contribution in [0.4, 0.5) is 11.6 Å². The van der Waals surface area contributed by atoms with Crippen LogP contribution in [0.5, 0.6) is 5.75 Å². The molecule has 0 radical (unpaired) electrons. The van der Waals surface area contributed by atoms with Crippen molar-refractivity contribution >= 4 is 66.5 Å². The van der Waals surface area contributed by atoms with Crippen LogP contribution in [0, 0.1) is 0 Å². The van der Waals surface area contributed by atoms with E-state index in [-0.39, 0.29) is 48.4 Å². The molecule has 0 bridgehead atoms. The Morgan fingerprint density at radius 2 is 1.02 bits per heavy atom. The number of hydrogen-bond acceptors (Lipinski definition) is 9. The van der Waals surface area contributed by atoms with Crippen molar-refractivity contribution in [2.45, 2.75) is 67.8 Å². The molecule has 0 amide bonds. The van der Waals surface area contributed by atoms with Crippen molar-refractivity contribution < 1.29 is 31.2 Å². The van der Waals surface area contributed by atoms with Gasteiger partial charge < -0.3 is 4.74 Å². The third kappa shape index (κ3) is 11.4. The quantitative estimate of drug-likeness (QED) is 0.114. The Balaban J connectivity index is 0.000000201. The number of nitrogens with zero attached hydrogens (tertiary/aromatic N) is 2. The molecule has 4 aromatic carbocycles. The number of nitrogens with one attached hydrogen (secondary N) is 2. The van der Waals surface area contributed by atoms with Gasteiger partial charge in [-0.2, -0.15) is 0 Å². The predicted molar refractivity (Wildman–Crippen MR) is 234 cm³/mol. The molecular formula is C45H42Cl2N4O7S2. The number of sulfonamides is 2. The standard InChI is InChI=1S/C23H21ClN2O3S.C22H21ClN2O4S/c24-19-14-21(22(27)18-8-2-1-3-9-18)23(25-15-19)26-30(28,29)20-12-10-17(11-13-20)16-6-4-5-7-16;1-22(2,3)29-17-9-11-18(12-10-17)30(27,28)25-21-19(13-16(23)14-24-21)20(26)15-7-5-4-6-8-15/h1-3,8-16H,4-7H2,(H,25,26);4-14H,1-3H3,(H,24,25). The normalized spacial score (nSPS) is 13.2. The molecule has 2 heterocycles. The summed E-state index contributed by atoms with van der Waals surface area (Å²) >= 11 is 12.0. The Morgan fingerprint density at radius 3 is 1.42 bits per heavy atom. The first-order valence-corrected chi connectivity index (χ1v) is 22.7. The summed E-state index contributed by atoms with van der Waals surface area (Å²) in [6.45, 7) is 5.70. The summed E-state index contributed by atoms with van der Waals surface area (Å²) in [5, 5.41) is 0.471. The van der Waals surface area contributed by atoms with Gasteiger partial charge in [-0.3, -0.25) is 19.0 Å². The van der Waals surface area contributed by atoms with Gasteiger partial charge in [-0.25, -0.2) is 26.8 Å². The Labute approximate surface area is 360 Å². The van der Waals surface area contributed by atoms with Gasteiger partial charge in [0.2, 0.25) is 0 Å². The van der Waals surface area contributed by atoms with Crippen molar-refractivity contribution in [2.24, 2.45) is 0 Å². The molecule has 0 unspecified atom stereocenters. The summed E-state index contributed by atoms with van der Waals surface area (Å²) in [6.07, 6.45) is 7.30. The monoisotopic (exact) mass is 884 g/mol. The lowest BCUT2D eigenvalue weighted by atomic mass is 9.98. The maximum absolute atomic E-state index is 12.9. The second-order valence-corrected chi connectivity index (χ2v) is 19.2. The van der Waals surface area contributed by atoms with Crippen LogP contribution in [0.15, 0.2) is 144 Å². The SMILES string of the molecule is CC(C)(C)Oc1ccc(S(=O)(=O)Nc2ncc(Cl)cc2C(=O)c2ccccc2)cc1.O=C(c1ccccc1)c1cc(Cl)cnc1NS(=O)(=O)c1ccc(C2CCCC2)cc1. The van der Waals surface area contributed by atoms with Crippen LogP contribution in [0.3, 0.4) is 0 Å². The number of aromatic nitrogens is 2. The molecule has 1 saturated carbocycles. The van der Waals surface area contributed by atoms with E-state index in [9.17, 15) is 26.4 Å². The molecule has 0 aliphatic heterocycles. The molecule has 0 saturated heterocycles. The smallest absolute Gasteiger partial charge is 0.263 e. The summed E-state index contributed by atoms with van der Waals surface area (Å²) in [4.78, 5) is 34.0. The summed E-state index contributed by atoms with van der Waals surface area (Å²) < 4.78 is 62.1. The first kappa shape index (κ1) is 44.0. The van der Waals surface area contributed by atoms with Gasteiger partial charge in [-0.1, -0.05) is 109 Å². The Hall–Kier alpha value is -5.60. The van der Waals surface area contributed by atoms with E-state index in [4.69, 9.17) is 27.9 Å². The van der Waals surface area contributed by atoms with Crippen LogP contribution >= 0.6 is 23.2 Å². The summed E-state index contributed by atoms with van der Waals surface area (Å²) in [5.41, 5.74) is 1.73. The van der Waals surface area contributed by atoms with E-state index < -0.39 is 31.4 Å². The van der Waals surface area contributed by atoms with Gasteiger partial charge >= 0.3 is 0 Å². The van der Waals surface area contributed by atoms with Gasteiger partial charge in [0.25, 0.3) is 20.0 Å².